The molecule has 5 rings (SSSR count). The number of carbonyl (C=O) groups is 1. The molecule has 0 aliphatic carbocycles. The van der Waals surface area contributed by atoms with E-state index >= 15 is 0 Å². The van der Waals surface area contributed by atoms with Gasteiger partial charge in [0, 0.05) is 35.6 Å². The van der Waals surface area contributed by atoms with Crippen LogP contribution in [0.5, 0.6) is 0 Å². The lowest BCUT2D eigenvalue weighted by atomic mass is 9.94. The maximum Gasteiger partial charge on any atom is 0.324 e. The molecule has 0 atom stereocenters. The minimum atomic E-state index is -0.222. The van der Waals surface area contributed by atoms with Crippen LogP contribution in [-0.2, 0) is 0 Å². The van der Waals surface area contributed by atoms with Crippen molar-refractivity contribution in [2.45, 2.75) is 20.3 Å². The molecule has 8 nitrogen and oxygen atoms in total. The van der Waals surface area contributed by atoms with E-state index in [2.05, 4.69) is 25.5 Å². The standard InChI is InChI=1S/C23H20Cl2N6O2/c1-12-9-15(21-30-29-13(2)33-21)10-17(25)20(12)14-5-7-31(8-6-14)23(32)28-22-26-18-4-3-16(24)11-19(18)27-22/h3-5,9-11H,6-8H2,1-2H3,(H2,26,27,28,32). The molecule has 2 amide bonds. The molecule has 0 bridgehead atoms. The minimum Gasteiger partial charge on any atom is -0.421 e. The van der Waals surface area contributed by atoms with Crippen molar-refractivity contribution in [1.82, 2.24) is 25.1 Å². The first-order valence-electron chi connectivity index (χ1n) is 10.4. The zero-order chi connectivity index (χ0) is 23.1. The van der Waals surface area contributed by atoms with Crippen molar-refractivity contribution in [3.05, 3.63) is 63.5 Å². The second-order valence-electron chi connectivity index (χ2n) is 7.88. The van der Waals surface area contributed by atoms with Crippen molar-refractivity contribution in [3.63, 3.8) is 0 Å². The summed E-state index contributed by atoms with van der Waals surface area (Å²) in [6.45, 7) is 4.78. The molecule has 2 aromatic heterocycles. The summed E-state index contributed by atoms with van der Waals surface area (Å²) in [5, 5.41) is 12.0. The Labute approximate surface area is 199 Å². The SMILES string of the molecule is Cc1nnc(-c2cc(C)c(C3=CCN(C(=O)Nc4nc5ccc(Cl)cc5[nH]4)CC3)c(Cl)c2)o1. The summed E-state index contributed by atoms with van der Waals surface area (Å²) in [5.74, 6) is 1.33. The fourth-order valence-electron chi connectivity index (χ4n) is 3.99. The highest BCUT2D eigenvalue weighted by Gasteiger charge is 2.22. The van der Waals surface area contributed by atoms with Gasteiger partial charge in [-0.05, 0) is 60.4 Å². The van der Waals surface area contributed by atoms with Gasteiger partial charge in [-0.3, -0.25) is 5.32 Å². The quantitative estimate of drug-likeness (QED) is 0.380. The summed E-state index contributed by atoms with van der Waals surface area (Å²) in [6, 6.07) is 8.94. The summed E-state index contributed by atoms with van der Waals surface area (Å²) in [7, 11) is 0. The molecular formula is C23H20Cl2N6O2. The maximum atomic E-state index is 12.7. The average Bonchev–Trinajstić information content (AvgIpc) is 3.39. The molecule has 10 heteroatoms. The van der Waals surface area contributed by atoms with Gasteiger partial charge in [0.05, 0.1) is 11.0 Å². The minimum absolute atomic E-state index is 0.222. The molecular weight excluding hydrogens is 463 g/mol. The maximum absolute atomic E-state index is 12.7. The van der Waals surface area contributed by atoms with Crippen LogP contribution in [0.1, 0.15) is 23.4 Å². The molecule has 0 saturated carbocycles. The third-order valence-electron chi connectivity index (χ3n) is 5.55. The Morgan fingerprint density at radius 3 is 2.73 bits per heavy atom. The molecule has 0 spiro atoms. The Kier molecular flexibility index (Phi) is 5.55. The van der Waals surface area contributed by atoms with Crippen molar-refractivity contribution in [2.24, 2.45) is 0 Å². The van der Waals surface area contributed by atoms with Crippen molar-refractivity contribution in [2.75, 3.05) is 18.4 Å². The van der Waals surface area contributed by atoms with Crippen LogP contribution < -0.4 is 5.32 Å². The zero-order valence-corrected chi connectivity index (χ0v) is 19.5. The lowest BCUT2D eigenvalue weighted by molar-refractivity contribution is 0.217. The number of rotatable bonds is 3. The summed E-state index contributed by atoms with van der Waals surface area (Å²) in [6.07, 6.45) is 2.72. The summed E-state index contributed by atoms with van der Waals surface area (Å²) in [5.41, 5.74) is 5.38. The highest BCUT2D eigenvalue weighted by molar-refractivity contribution is 6.33. The normalized spacial score (nSPS) is 13.9. The van der Waals surface area contributed by atoms with E-state index in [0.717, 1.165) is 33.3 Å². The van der Waals surface area contributed by atoms with E-state index in [-0.39, 0.29) is 6.03 Å². The fourth-order valence-corrected chi connectivity index (χ4v) is 4.55. The Morgan fingerprint density at radius 1 is 1.18 bits per heavy atom. The van der Waals surface area contributed by atoms with Crippen LogP contribution in [0.25, 0.3) is 28.1 Å². The van der Waals surface area contributed by atoms with Crippen LogP contribution in [0.4, 0.5) is 10.7 Å². The summed E-state index contributed by atoms with van der Waals surface area (Å²) in [4.78, 5) is 21.9. The number of urea groups is 1. The van der Waals surface area contributed by atoms with Crippen LogP contribution in [0.3, 0.4) is 0 Å². The van der Waals surface area contributed by atoms with Gasteiger partial charge in [0.1, 0.15) is 0 Å². The monoisotopic (exact) mass is 482 g/mol. The fraction of sp³-hybridized carbons (Fsp3) is 0.217. The molecule has 33 heavy (non-hydrogen) atoms. The molecule has 0 radical (unpaired) electrons. The van der Waals surface area contributed by atoms with Crippen LogP contribution in [-0.4, -0.2) is 44.2 Å². The molecule has 1 aliphatic heterocycles. The van der Waals surface area contributed by atoms with Crippen LogP contribution >= 0.6 is 23.2 Å². The number of halogens is 2. The molecule has 2 N–H and O–H groups in total. The van der Waals surface area contributed by atoms with Crippen molar-refractivity contribution in [1.29, 1.82) is 0 Å². The number of carbonyl (C=O) groups excluding carboxylic acids is 1. The molecule has 2 aromatic carbocycles. The Bertz CT molecular complexity index is 1380. The van der Waals surface area contributed by atoms with E-state index in [0.29, 0.717) is 47.3 Å². The highest BCUT2D eigenvalue weighted by atomic mass is 35.5. The number of aromatic amines is 1. The van der Waals surface area contributed by atoms with E-state index < -0.39 is 0 Å². The van der Waals surface area contributed by atoms with Crippen LogP contribution in [0.2, 0.25) is 10.0 Å². The number of nitrogens with one attached hydrogen (secondary N) is 2. The van der Waals surface area contributed by atoms with E-state index in [4.69, 9.17) is 27.6 Å². The van der Waals surface area contributed by atoms with Gasteiger partial charge >= 0.3 is 6.03 Å². The Morgan fingerprint density at radius 2 is 2.03 bits per heavy atom. The zero-order valence-electron chi connectivity index (χ0n) is 17.9. The third kappa shape index (κ3) is 4.31. The number of hydrogen-bond acceptors (Lipinski definition) is 5. The first-order chi connectivity index (χ1) is 15.9. The first-order valence-corrected chi connectivity index (χ1v) is 11.1. The summed E-state index contributed by atoms with van der Waals surface area (Å²) >= 11 is 12.6. The smallest absolute Gasteiger partial charge is 0.324 e. The summed E-state index contributed by atoms with van der Waals surface area (Å²) < 4.78 is 5.52. The average molecular weight is 483 g/mol. The van der Waals surface area contributed by atoms with E-state index in [1.54, 1.807) is 30.0 Å². The van der Waals surface area contributed by atoms with E-state index in [1.807, 2.05) is 25.1 Å². The number of aromatic nitrogens is 4. The molecule has 168 valence electrons. The van der Waals surface area contributed by atoms with Crippen molar-refractivity contribution >= 4 is 51.8 Å². The van der Waals surface area contributed by atoms with Gasteiger partial charge < -0.3 is 14.3 Å². The largest absolute Gasteiger partial charge is 0.421 e. The Balaban J connectivity index is 1.30. The lowest BCUT2D eigenvalue weighted by Gasteiger charge is -2.27. The van der Waals surface area contributed by atoms with Gasteiger partial charge in [0.15, 0.2) is 0 Å². The molecule has 1 aliphatic rings. The topological polar surface area (TPSA) is 99.9 Å². The molecule has 4 aromatic rings. The van der Waals surface area contributed by atoms with Gasteiger partial charge in [0.25, 0.3) is 0 Å². The third-order valence-corrected chi connectivity index (χ3v) is 6.08. The molecule has 3 heterocycles. The predicted molar refractivity (Wildman–Crippen MR) is 129 cm³/mol. The number of nitrogens with zero attached hydrogens (tertiary/aromatic N) is 4. The predicted octanol–water partition coefficient (Wildman–Crippen LogP) is 5.86. The van der Waals surface area contributed by atoms with Crippen molar-refractivity contribution < 1.29 is 9.21 Å². The number of fused-ring (bicyclic) bond motifs is 1. The first kappa shape index (κ1) is 21.5. The second-order valence-corrected chi connectivity index (χ2v) is 8.72. The highest BCUT2D eigenvalue weighted by Crippen LogP contribution is 2.35. The van der Waals surface area contributed by atoms with Gasteiger partial charge in [0.2, 0.25) is 17.7 Å². The number of amides is 2. The van der Waals surface area contributed by atoms with Gasteiger partial charge in [-0.25, -0.2) is 9.78 Å². The van der Waals surface area contributed by atoms with Crippen molar-refractivity contribution in [3.8, 4) is 11.5 Å². The molecule has 0 unspecified atom stereocenters. The molecule has 0 fully saturated rings. The van der Waals surface area contributed by atoms with Gasteiger partial charge in [-0.2, -0.15) is 0 Å². The van der Waals surface area contributed by atoms with Crippen LogP contribution in [0.15, 0.2) is 40.8 Å². The molecule has 0 saturated heterocycles. The number of H-pyrrole nitrogens is 1. The lowest BCUT2D eigenvalue weighted by Crippen LogP contribution is -2.38. The second kappa shape index (κ2) is 8.53. The van der Waals surface area contributed by atoms with Crippen LogP contribution in [0, 0.1) is 13.8 Å². The van der Waals surface area contributed by atoms with E-state index in [9.17, 15) is 4.79 Å². The van der Waals surface area contributed by atoms with E-state index in [1.165, 1.54) is 0 Å². The Hall–Kier alpha value is -3.36. The number of benzene rings is 2. The number of anilines is 1. The number of aryl methyl sites for hydroxylation is 2. The number of imidazole rings is 1. The van der Waals surface area contributed by atoms with Gasteiger partial charge in [-0.1, -0.05) is 29.3 Å². The number of hydrogen-bond donors (Lipinski definition) is 2. The van der Waals surface area contributed by atoms with Gasteiger partial charge in [-0.15, -0.1) is 10.2 Å².